The lowest BCUT2D eigenvalue weighted by Gasteiger charge is -2.02. The smallest absolute Gasteiger partial charge is 0.131 e. The summed E-state index contributed by atoms with van der Waals surface area (Å²) in [6.45, 7) is 0. The van der Waals surface area contributed by atoms with E-state index < -0.39 is 11.6 Å². The first kappa shape index (κ1) is 15.9. The van der Waals surface area contributed by atoms with Crippen molar-refractivity contribution in [3.63, 3.8) is 0 Å². The van der Waals surface area contributed by atoms with Crippen LogP contribution in [0.2, 0.25) is 0 Å². The summed E-state index contributed by atoms with van der Waals surface area (Å²) in [5.74, 6) is -0.896. The minimum absolute atomic E-state index is 0.230. The number of benzene rings is 3. The van der Waals surface area contributed by atoms with Gasteiger partial charge in [0.1, 0.15) is 11.6 Å². The molecule has 0 nitrogen and oxygen atoms in total. The quantitative estimate of drug-likeness (QED) is 0.495. The fourth-order valence-electron chi connectivity index (χ4n) is 2.33. The largest absolute Gasteiger partial charge is 0.206 e. The summed E-state index contributed by atoms with van der Waals surface area (Å²) in [4.78, 5) is 0. The first-order valence-electron chi connectivity index (χ1n) is 7.68. The molecule has 118 valence electrons. The van der Waals surface area contributed by atoms with Crippen LogP contribution in [0, 0.1) is 11.6 Å². The van der Waals surface area contributed by atoms with Crippen molar-refractivity contribution in [1.29, 1.82) is 0 Å². The lowest BCUT2D eigenvalue weighted by molar-refractivity contribution is 0.596. The van der Waals surface area contributed by atoms with E-state index in [1.54, 1.807) is 24.3 Å². The van der Waals surface area contributed by atoms with Gasteiger partial charge in [0.25, 0.3) is 0 Å². The number of rotatable bonds is 4. The van der Waals surface area contributed by atoms with Gasteiger partial charge in [-0.3, -0.25) is 0 Å². The standard InChI is InChI=1S/C22H16F2/c23-21-16-20(14-12-18-9-5-2-6-10-18)22(24)15-19(21)13-11-17-7-3-1-4-8-17/h1-16H/b13-11+,14-12+. The van der Waals surface area contributed by atoms with Crippen molar-refractivity contribution in [3.05, 3.63) is 107 Å². The molecular weight excluding hydrogens is 302 g/mol. The SMILES string of the molecule is Fc1cc(/C=C/c2ccccc2)c(F)cc1/C=C/c1ccccc1. The van der Waals surface area contributed by atoms with Gasteiger partial charge in [-0.15, -0.1) is 0 Å². The second-order valence-corrected chi connectivity index (χ2v) is 5.38. The van der Waals surface area contributed by atoms with Crippen molar-refractivity contribution >= 4 is 24.3 Å². The molecule has 3 rings (SSSR count). The topological polar surface area (TPSA) is 0 Å². The number of hydrogen-bond acceptors (Lipinski definition) is 0. The highest BCUT2D eigenvalue weighted by Gasteiger charge is 2.06. The Morgan fingerprint density at radius 1 is 0.500 bits per heavy atom. The zero-order chi connectivity index (χ0) is 16.8. The average molecular weight is 318 g/mol. The van der Waals surface area contributed by atoms with Gasteiger partial charge in [-0.25, -0.2) is 8.78 Å². The summed E-state index contributed by atoms with van der Waals surface area (Å²) in [6, 6.07) is 21.5. The van der Waals surface area contributed by atoms with Crippen molar-refractivity contribution in [3.8, 4) is 0 Å². The maximum Gasteiger partial charge on any atom is 0.131 e. The molecule has 0 saturated heterocycles. The van der Waals surface area contributed by atoms with Gasteiger partial charge in [0, 0.05) is 11.1 Å². The molecule has 0 atom stereocenters. The summed E-state index contributed by atoms with van der Waals surface area (Å²) >= 11 is 0. The Morgan fingerprint density at radius 2 is 0.875 bits per heavy atom. The molecule has 0 fully saturated rings. The highest BCUT2D eigenvalue weighted by atomic mass is 19.1. The van der Waals surface area contributed by atoms with Gasteiger partial charge >= 0.3 is 0 Å². The zero-order valence-corrected chi connectivity index (χ0v) is 13.0. The van der Waals surface area contributed by atoms with Crippen LogP contribution in [0.1, 0.15) is 22.3 Å². The third-order valence-electron chi connectivity index (χ3n) is 3.63. The summed E-state index contributed by atoms with van der Waals surface area (Å²) in [6.07, 6.45) is 6.69. The van der Waals surface area contributed by atoms with E-state index >= 15 is 0 Å². The fraction of sp³-hybridized carbons (Fsp3) is 0. The Balaban J connectivity index is 1.83. The van der Waals surface area contributed by atoms with Gasteiger partial charge < -0.3 is 0 Å². The van der Waals surface area contributed by atoms with Gasteiger partial charge in [-0.05, 0) is 23.3 Å². The van der Waals surface area contributed by atoms with Gasteiger partial charge in [0.05, 0.1) is 0 Å². The molecule has 3 aromatic carbocycles. The molecule has 0 heterocycles. The molecule has 0 aliphatic rings. The summed E-state index contributed by atoms with van der Waals surface area (Å²) in [7, 11) is 0. The second-order valence-electron chi connectivity index (χ2n) is 5.38. The van der Waals surface area contributed by atoms with Crippen molar-refractivity contribution in [2.24, 2.45) is 0 Å². The van der Waals surface area contributed by atoms with Crippen LogP contribution in [0.5, 0.6) is 0 Å². The predicted octanol–water partition coefficient (Wildman–Crippen LogP) is 6.31. The van der Waals surface area contributed by atoms with E-state index in [1.807, 2.05) is 60.7 Å². The molecule has 0 unspecified atom stereocenters. The average Bonchev–Trinajstić information content (AvgIpc) is 2.62. The molecule has 0 aliphatic heterocycles. The molecule has 24 heavy (non-hydrogen) atoms. The number of halogens is 2. The van der Waals surface area contributed by atoms with Crippen molar-refractivity contribution < 1.29 is 8.78 Å². The van der Waals surface area contributed by atoms with Crippen molar-refractivity contribution in [2.75, 3.05) is 0 Å². The molecule has 0 amide bonds. The molecule has 3 aromatic rings. The Kier molecular flexibility index (Phi) is 4.97. The van der Waals surface area contributed by atoms with E-state index in [4.69, 9.17) is 0 Å². The maximum atomic E-state index is 14.2. The predicted molar refractivity (Wildman–Crippen MR) is 97.1 cm³/mol. The Bertz CT molecular complexity index is 788. The third-order valence-corrected chi connectivity index (χ3v) is 3.63. The fourth-order valence-corrected chi connectivity index (χ4v) is 2.33. The number of hydrogen-bond donors (Lipinski definition) is 0. The van der Waals surface area contributed by atoms with E-state index in [2.05, 4.69) is 0 Å². The molecule has 0 aliphatic carbocycles. The molecule has 0 saturated carbocycles. The van der Waals surface area contributed by atoms with Crippen LogP contribution in [0.3, 0.4) is 0 Å². The van der Waals surface area contributed by atoms with Crippen LogP contribution in [0.15, 0.2) is 72.8 Å². The normalized spacial score (nSPS) is 11.4. The van der Waals surface area contributed by atoms with E-state index in [0.717, 1.165) is 11.1 Å². The van der Waals surface area contributed by atoms with E-state index in [-0.39, 0.29) is 11.1 Å². The maximum absolute atomic E-state index is 14.2. The van der Waals surface area contributed by atoms with E-state index in [1.165, 1.54) is 12.1 Å². The monoisotopic (exact) mass is 318 g/mol. The summed E-state index contributed by atoms with van der Waals surface area (Å²) in [5, 5.41) is 0. The Morgan fingerprint density at radius 3 is 1.25 bits per heavy atom. The second kappa shape index (κ2) is 7.51. The lowest BCUT2D eigenvalue weighted by Crippen LogP contribution is -1.89. The summed E-state index contributed by atoms with van der Waals surface area (Å²) in [5.41, 5.74) is 2.33. The molecule has 0 N–H and O–H groups in total. The van der Waals surface area contributed by atoms with Crippen LogP contribution in [-0.4, -0.2) is 0 Å². The van der Waals surface area contributed by atoms with Gasteiger partial charge in [-0.1, -0.05) is 85.0 Å². The molecule has 2 heteroatoms. The van der Waals surface area contributed by atoms with Crippen LogP contribution < -0.4 is 0 Å². The van der Waals surface area contributed by atoms with Gasteiger partial charge in [0.15, 0.2) is 0 Å². The van der Waals surface area contributed by atoms with Crippen LogP contribution in [-0.2, 0) is 0 Å². The molecule has 0 radical (unpaired) electrons. The first-order valence-corrected chi connectivity index (χ1v) is 7.68. The Hall–Kier alpha value is -3.00. The van der Waals surface area contributed by atoms with E-state index in [9.17, 15) is 8.78 Å². The van der Waals surface area contributed by atoms with Crippen molar-refractivity contribution in [2.45, 2.75) is 0 Å². The highest BCUT2D eigenvalue weighted by Crippen LogP contribution is 2.19. The van der Waals surface area contributed by atoms with Crippen molar-refractivity contribution in [1.82, 2.24) is 0 Å². The molecular formula is C22H16F2. The van der Waals surface area contributed by atoms with Crippen LogP contribution in [0.25, 0.3) is 24.3 Å². The molecule has 0 bridgehead atoms. The highest BCUT2D eigenvalue weighted by molar-refractivity contribution is 5.73. The van der Waals surface area contributed by atoms with Crippen LogP contribution >= 0.6 is 0 Å². The minimum Gasteiger partial charge on any atom is -0.206 e. The lowest BCUT2D eigenvalue weighted by atomic mass is 10.1. The molecule has 0 aromatic heterocycles. The zero-order valence-electron chi connectivity index (χ0n) is 13.0. The molecule has 0 spiro atoms. The summed E-state index contributed by atoms with van der Waals surface area (Å²) < 4.78 is 28.4. The first-order chi connectivity index (χ1) is 11.7. The third kappa shape index (κ3) is 4.05. The van der Waals surface area contributed by atoms with Gasteiger partial charge in [-0.2, -0.15) is 0 Å². The van der Waals surface area contributed by atoms with Crippen LogP contribution in [0.4, 0.5) is 8.78 Å². The Labute approximate surface area is 140 Å². The van der Waals surface area contributed by atoms with Gasteiger partial charge in [0.2, 0.25) is 0 Å². The minimum atomic E-state index is -0.448. The van der Waals surface area contributed by atoms with E-state index in [0.29, 0.717) is 0 Å².